The van der Waals surface area contributed by atoms with Gasteiger partial charge in [-0.05, 0) is 62.2 Å². The van der Waals surface area contributed by atoms with E-state index < -0.39 is 8.32 Å². The molecule has 0 atom stereocenters. The van der Waals surface area contributed by atoms with Crippen molar-refractivity contribution >= 4 is 14.4 Å². The van der Waals surface area contributed by atoms with Gasteiger partial charge in [-0.2, -0.15) is 0 Å². The van der Waals surface area contributed by atoms with Gasteiger partial charge in [0.1, 0.15) is 12.4 Å². The van der Waals surface area contributed by atoms with Crippen LogP contribution in [0.2, 0.25) is 18.1 Å². The van der Waals surface area contributed by atoms with Crippen molar-refractivity contribution in [2.24, 2.45) is 0 Å². The van der Waals surface area contributed by atoms with Crippen molar-refractivity contribution < 1.29 is 18.5 Å². The molecule has 1 aromatic carbocycles. The third kappa shape index (κ3) is 5.32. The number of carbonyl (C=O) groups excluding carboxylic acids is 1. The second kappa shape index (κ2) is 9.07. The Morgan fingerprint density at radius 1 is 1.19 bits per heavy atom. The molecule has 0 saturated heterocycles. The zero-order chi connectivity index (χ0) is 22.8. The van der Waals surface area contributed by atoms with Crippen LogP contribution in [0.15, 0.2) is 28.8 Å². The molecule has 1 fully saturated rings. The lowest BCUT2D eigenvalue weighted by Gasteiger charge is -2.36. The molecule has 0 bridgehead atoms. The van der Waals surface area contributed by atoms with Crippen molar-refractivity contribution in [3.05, 3.63) is 35.5 Å². The highest BCUT2D eigenvalue weighted by Crippen LogP contribution is 2.38. The van der Waals surface area contributed by atoms with E-state index in [1.165, 1.54) is 12.8 Å². The van der Waals surface area contributed by atoms with Gasteiger partial charge >= 0.3 is 6.09 Å². The van der Waals surface area contributed by atoms with Crippen LogP contribution >= 0.6 is 0 Å². The number of benzene rings is 1. The minimum Gasteiger partial charge on any atom is -0.544 e. The minimum absolute atomic E-state index is 0.135. The first-order chi connectivity index (χ1) is 14.5. The van der Waals surface area contributed by atoms with Gasteiger partial charge in [-0.3, -0.25) is 0 Å². The molecule has 1 saturated carbocycles. The topological polar surface area (TPSA) is 64.8 Å². The van der Waals surface area contributed by atoms with Gasteiger partial charge in [0.15, 0.2) is 5.76 Å². The molecule has 1 aromatic heterocycles. The van der Waals surface area contributed by atoms with Crippen molar-refractivity contribution in [1.82, 2.24) is 10.1 Å². The zero-order valence-corrected chi connectivity index (χ0v) is 20.9. The summed E-state index contributed by atoms with van der Waals surface area (Å²) in [5, 5.41) is 4.24. The monoisotopic (exact) mass is 444 g/mol. The van der Waals surface area contributed by atoms with Crippen LogP contribution in [0.4, 0.5) is 4.79 Å². The van der Waals surface area contributed by atoms with Crippen LogP contribution in [0, 0.1) is 6.92 Å². The molecule has 1 aliphatic rings. The van der Waals surface area contributed by atoms with Gasteiger partial charge < -0.3 is 18.6 Å². The molecule has 0 spiro atoms. The van der Waals surface area contributed by atoms with Crippen molar-refractivity contribution in [3.63, 3.8) is 0 Å². The molecule has 170 valence electrons. The van der Waals surface area contributed by atoms with E-state index in [4.69, 9.17) is 13.7 Å². The number of nitrogens with zero attached hydrogens (tertiary/aromatic N) is 2. The Morgan fingerprint density at radius 3 is 2.39 bits per heavy atom. The summed E-state index contributed by atoms with van der Waals surface area (Å²) in [7, 11) is -0.0744. The zero-order valence-electron chi connectivity index (χ0n) is 19.9. The summed E-state index contributed by atoms with van der Waals surface area (Å²) in [6, 6.07) is 8.16. The molecular formula is C24H36N2O4Si. The Kier molecular flexibility index (Phi) is 6.84. The molecule has 1 aliphatic carbocycles. The SMILES string of the molecule is Cc1noc(-c2ccc(O[Si](C)(C)C(C)(C)C)cc2)c1COC(=O)N(C)C1CCCC1. The molecule has 2 aromatic rings. The predicted molar refractivity (Wildman–Crippen MR) is 125 cm³/mol. The summed E-state index contributed by atoms with van der Waals surface area (Å²) in [5.41, 5.74) is 2.41. The smallest absolute Gasteiger partial charge is 0.410 e. The highest BCUT2D eigenvalue weighted by atomic mass is 28.4. The van der Waals surface area contributed by atoms with Crippen molar-refractivity contribution in [1.29, 1.82) is 0 Å². The standard InChI is InChI=1S/C24H36N2O4Si/c1-17-21(16-28-23(27)26(5)19-10-8-9-11-19)22(29-25-17)18-12-14-20(15-13-18)30-31(6,7)24(2,3)4/h12-15,19H,8-11,16H2,1-7H3. The lowest BCUT2D eigenvalue weighted by molar-refractivity contribution is 0.0917. The van der Waals surface area contributed by atoms with Crippen molar-refractivity contribution in [2.75, 3.05) is 7.05 Å². The first-order valence-corrected chi connectivity index (χ1v) is 14.0. The highest BCUT2D eigenvalue weighted by Gasteiger charge is 2.39. The summed E-state index contributed by atoms with van der Waals surface area (Å²) in [6.07, 6.45) is 4.15. The van der Waals surface area contributed by atoms with E-state index in [9.17, 15) is 4.79 Å². The fourth-order valence-corrected chi connectivity index (χ4v) is 4.62. The third-order valence-corrected chi connectivity index (χ3v) is 11.1. The largest absolute Gasteiger partial charge is 0.544 e. The molecule has 0 unspecified atom stereocenters. The Bertz CT molecular complexity index is 893. The molecular weight excluding hydrogens is 408 g/mol. The highest BCUT2D eigenvalue weighted by molar-refractivity contribution is 6.74. The van der Waals surface area contributed by atoms with Crippen LogP contribution in [0.1, 0.15) is 57.7 Å². The van der Waals surface area contributed by atoms with Crippen molar-refractivity contribution in [3.8, 4) is 17.1 Å². The van der Waals surface area contributed by atoms with Crippen LogP contribution < -0.4 is 4.43 Å². The van der Waals surface area contributed by atoms with Crippen LogP contribution in [0.5, 0.6) is 5.75 Å². The Balaban J connectivity index is 1.69. The number of aromatic nitrogens is 1. The molecule has 0 aliphatic heterocycles. The number of carbonyl (C=O) groups is 1. The first kappa shape index (κ1) is 23.4. The minimum atomic E-state index is -1.89. The van der Waals surface area contributed by atoms with Gasteiger partial charge in [-0.25, -0.2) is 4.79 Å². The number of amides is 1. The average molecular weight is 445 g/mol. The fourth-order valence-electron chi connectivity index (χ4n) is 3.58. The second-order valence-electron chi connectivity index (χ2n) is 10.1. The molecule has 3 rings (SSSR count). The molecule has 1 amide bonds. The molecule has 0 N–H and O–H groups in total. The van der Waals surface area contributed by atoms with Gasteiger partial charge in [0.25, 0.3) is 0 Å². The quantitative estimate of drug-likeness (QED) is 0.473. The second-order valence-corrected chi connectivity index (χ2v) is 14.8. The summed E-state index contributed by atoms with van der Waals surface area (Å²) in [4.78, 5) is 14.2. The summed E-state index contributed by atoms with van der Waals surface area (Å²) in [5.74, 6) is 1.49. The summed E-state index contributed by atoms with van der Waals surface area (Å²) >= 11 is 0. The van der Waals surface area contributed by atoms with E-state index in [2.05, 4.69) is 39.0 Å². The number of ether oxygens (including phenoxy) is 1. The molecule has 0 radical (unpaired) electrons. The van der Waals surface area contributed by atoms with Gasteiger partial charge in [0.05, 0.1) is 11.3 Å². The lowest BCUT2D eigenvalue weighted by atomic mass is 10.1. The van der Waals surface area contributed by atoms with E-state index in [-0.39, 0.29) is 23.8 Å². The molecule has 6 nitrogen and oxygen atoms in total. The van der Waals surface area contributed by atoms with Crippen LogP contribution in [0.25, 0.3) is 11.3 Å². The number of hydrogen-bond acceptors (Lipinski definition) is 5. The van der Waals surface area contributed by atoms with Crippen LogP contribution in [-0.2, 0) is 11.3 Å². The van der Waals surface area contributed by atoms with Gasteiger partial charge in [0, 0.05) is 18.7 Å². The van der Waals surface area contributed by atoms with E-state index in [0.29, 0.717) is 5.76 Å². The summed E-state index contributed by atoms with van der Waals surface area (Å²) < 4.78 is 17.5. The van der Waals surface area contributed by atoms with E-state index in [0.717, 1.165) is 35.4 Å². The van der Waals surface area contributed by atoms with Gasteiger partial charge in [0.2, 0.25) is 8.32 Å². The number of hydrogen-bond donors (Lipinski definition) is 0. The normalized spacial score (nSPS) is 15.2. The third-order valence-electron chi connectivity index (χ3n) is 6.78. The maximum absolute atomic E-state index is 12.5. The lowest BCUT2D eigenvalue weighted by Crippen LogP contribution is -2.43. The first-order valence-electron chi connectivity index (χ1n) is 11.1. The summed E-state index contributed by atoms with van der Waals surface area (Å²) in [6.45, 7) is 13.1. The predicted octanol–water partition coefficient (Wildman–Crippen LogP) is 6.55. The van der Waals surface area contributed by atoms with E-state index in [1.54, 1.807) is 4.90 Å². The maximum atomic E-state index is 12.5. The number of aryl methyl sites for hydroxylation is 1. The van der Waals surface area contributed by atoms with Gasteiger partial charge in [-0.1, -0.05) is 38.8 Å². The van der Waals surface area contributed by atoms with Crippen LogP contribution in [-0.4, -0.2) is 37.6 Å². The van der Waals surface area contributed by atoms with Crippen LogP contribution in [0.3, 0.4) is 0 Å². The van der Waals surface area contributed by atoms with Crippen molar-refractivity contribution in [2.45, 2.75) is 84.2 Å². The fraction of sp³-hybridized carbons (Fsp3) is 0.583. The molecule has 7 heteroatoms. The van der Waals surface area contributed by atoms with Gasteiger partial charge in [-0.15, -0.1) is 0 Å². The Morgan fingerprint density at radius 2 is 1.81 bits per heavy atom. The molecule has 31 heavy (non-hydrogen) atoms. The Labute approximate surface area is 187 Å². The number of rotatable bonds is 6. The average Bonchev–Trinajstić information content (AvgIpc) is 3.35. The maximum Gasteiger partial charge on any atom is 0.410 e. The van der Waals surface area contributed by atoms with E-state index >= 15 is 0 Å². The van der Waals surface area contributed by atoms with E-state index in [1.807, 2.05) is 38.2 Å². The Hall–Kier alpha value is -2.28. The molecule has 1 heterocycles.